The maximum atomic E-state index is 11.7. The summed E-state index contributed by atoms with van der Waals surface area (Å²) < 4.78 is 0. The average molecular weight is 284 g/mol. The van der Waals surface area contributed by atoms with Gasteiger partial charge in [0.15, 0.2) is 0 Å². The number of halogens is 1. The second-order valence-corrected chi connectivity index (χ2v) is 5.13. The van der Waals surface area contributed by atoms with Gasteiger partial charge in [-0.25, -0.2) is 4.79 Å². The first-order valence-electron chi connectivity index (χ1n) is 5.73. The number of hydrogen-bond acceptors (Lipinski definition) is 2. The molecule has 0 radical (unpaired) electrons. The molecular formula is C12H14ClN3OS. The Hall–Kier alpha value is -1.33. The molecule has 0 unspecified atom stereocenters. The minimum Gasteiger partial charge on any atom is -0.389 e. The summed E-state index contributed by atoms with van der Waals surface area (Å²) >= 11 is 10.9. The van der Waals surface area contributed by atoms with Gasteiger partial charge in [-0.15, -0.1) is 0 Å². The third-order valence-corrected chi connectivity index (χ3v) is 3.49. The summed E-state index contributed by atoms with van der Waals surface area (Å²) in [6, 6.07) is 5.12. The molecule has 1 aromatic rings. The van der Waals surface area contributed by atoms with E-state index in [4.69, 9.17) is 29.6 Å². The first-order valence-corrected chi connectivity index (χ1v) is 6.52. The molecule has 0 spiro atoms. The molecule has 1 aliphatic carbocycles. The Balaban J connectivity index is 2.00. The van der Waals surface area contributed by atoms with Crippen LogP contribution in [0.25, 0.3) is 0 Å². The van der Waals surface area contributed by atoms with Crippen LogP contribution >= 0.6 is 23.8 Å². The minimum absolute atomic E-state index is 0.232. The molecule has 1 aromatic carbocycles. The molecule has 0 aliphatic heterocycles. The van der Waals surface area contributed by atoms with Crippen LogP contribution in [0.5, 0.6) is 0 Å². The molecule has 4 N–H and O–H groups in total. The van der Waals surface area contributed by atoms with E-state index in [-0.39, 0.29) is 11.0 Å². The summed E-state index contributed by atoms with van der Waals surface area (Å²) in [5.74, 6) is 0. The van der Waals surface area contributed by atoms with Crippen LogP contribution in [-0.2, 0) is 0 Å². The topological polar surface area (TPSA) is 67.1 Å². The fourth-order valence-electron chi connectivity index (χ4n) is 1.67. The van der Waals surface area contributed by atoms with Crippen LogP contribution in [0.1, 0.15) is 24.8 Å². The number of carbonyl (C=O) groups excluding carboxylic acids is 1. The number of thiocarbonyl (C=S) groups is 1. The lowest BCUT2D eigenvalue weighted by Gasteiger charge is -2.26. The van der Waals surface area contributed by atoms with Crippen LogP contribution < -0.4 is 16.4 Å². The molecule has 0 saturated heterocycles. The Kier molecular flexibility index (Phi) is 4.04. The van der Waals surface area contributed by atoms with E-state index >= 15 is 0 Å². The molecule has 1 aliphatic rings. The first kappa shape index (κ1) is 13.1. The Bertz CT molecular complexity index is 488. The zero-order chi connectivity index (χ0) is 13.1. The van der Waals surface area contributed by atoms with Crippen molar-refractivity contribution in [3.05, 3.63) is 28.8 Å². The quantitative estimate of drug-likeness (QED) is 0.747. The first-order chi connectivity index (χ1) is 8.56. The molecule has 2 amide bonds. The molecule has 0 bridgehead atoms. The highest BCUT2D eigenvalue weighted by molar-refractivity contribution is 7.80. The summed E-state index contributed by atoms with van der Waals surface area (Å²) in [4.78, 5) is 11.9. The van der Waals surface area contributed by atoms with Crippen molar-refractivity contribution in [1.82, 2.24) is 5.32 Å². The monoisotopic (exact) mass is 283 g/mol. The van der Waals surface area contributed by atoms with Crippen molar-refractivity contribution < 1.29 is 4.79 Å². The molecule has 96 valence electrons. The highest BCUT2D eigenvalue weighted by atomic mass is 35.5. The van der Waals surface area contributed by atoms with Gasteiger partial charge in [0.05, 0.1) is 10.7 Å². The van der Waals surface area contributed by atoms with E-state index in [1.54, 1.807) is 18.2 Å². The molecule has 18 heavy (non-hydrogen) atoms. The molecule has 1 saturated carbocycles. The molecule has 0 heterocycles. The third-order valence-electron chi connectivity index (χ3n) is 2.94. The number of urea groups is 1. The molecule has 0 atom stereocenters. The number of anilines is 1. The average Bonchev–Trinajstić information content (AvgIpc) is 2.26. The Morgan fingerprint density at radius 2 is 2.17 bits per heavy atom. The van der Waals surface area contributed by atoms with Crippen molar-refractivity contribution in [3.63, 3.8) is 0 Å². The van der Waals surface area contributed by atoms with Crippen LogP contribution in [0.2, 0.25) is 5.02 Å². The number of rotatable bonds is 3. The van der Waals surface area contributed by atoms with Gasteiger partial charge in [0.2, 0.25) is 0 Å². The van der Waals surface area contributed by atoms with Crippen molar-refractivity contribution in [3.8, 4) is 0 Å². The molecule has 4 nitrogen and oxygen atoms in total. The van der Waals surface area contributed by atoms with Crippen LogP contribution in [0.15, 0.2) is 18.2 Å². The largest absolute Gasteiger partial charge is 0.389 e. The van der Waals surface area contributed by atoms with Crippen LogP contribution in [0, 0.1) is 0 Å². The van der Waals surface area contributed by atoms with Crippen LogP contribution in [0.4, 0.5) is 10.5 Å². The second kappa shape index (κ2) is 5.54. The summed E-state index contributed by atoms with van der Waals surface area (Å²) in [6.45, 7) is 0. The Labute approximate surface area is 116 Å². The standard InChI is InChI=1S/C12H14ClN3OS/c13-9-6-7(11(14)18)4-5-10(9)16-12(17)15-8-2-1-3-8/h4-6,8H,1-3H2,(H2,14,18)(H2,15,16,17). The van der Waals surface area contributed by atoms with Crippen molar-refractivity contribution in [1.29, 1.82) is 0 Å². The van der Waals surface area contributed by atoms with Crippen molar-refractivity contribution in [2.45, 2.75) is 25.3 Å². The zero-order valence-corrected chi connectivity index (χ0v) is 11.3. The van der Waals surface area contributed by atoms with E-state index in [0.29, 0.717) is 22.3 Å². The number of amides is 2. The fourth-order valence-corrected chi connectivity index (χ4v) is 2.02. The van der Waals surface area contributed by atoms with Gasteiger partial charge in [0.1, 0.15) is 4.99 Å². The highest BCUT2D eigenvalue weighted by Crippen LogP contribution is 2.23. The number of hydrogen-bond donors (Lipinski definition) is 3. The van der Waals surface area contributed by atoms with Gasteiger partial charge in [0, 0.05) is 11.6 Å². The van der Waals surface area contributed by atoms with Gasteiger partial charge in [0.25, 0.3) is 0 Å². The van der Waals surface area contributed by atoms with E-state index < -0.39 is 0 Å². The summed E-state index contributed by atoms with van der Waals surface area (Å²) in [7, 11) is 0. The second-order valence-electron chi connectivity index (χ2n) is 4.29. The molecule has 2 rings (SSSR count). The number of benzene rings is 1. The fraction of sp³-hybridized carbons (Fsp3) is 0.333. The van der Waals surface area contributed by atoms with Gasteiger partial charge in [-0.2, -0.15) is 0 Å². The summed E-state index contributed by atoms with van der Waals surface area (Å²) in [5, 5.41) is 6.00. The Morgan fingerprint density at radius 3 is 2.67 bits per heavy atom. The van der Waals surface area contributed by atoms with E-state index in [0.717, 1.165) is 12.8 Å². The molecule has 0 aromatic heterocycles. The number of nitrogens with one attached hydrogen (secondary N) is 2. The lowest BCUT2D eigenvalue weighted by Crippen LogP contribution is -2.41. The molecule has 6 heteroatoms. The van der Waals surface area contributed by atoms with E-state index in [1.165, 1.54) is 6.42 Å². The maximum absolute atomic E-state index is 11.7. The lowest BCUT2D eigenvalue weighted by molar-refractivity contribution is 0.240. The smallest absolute Gasteiger partial charge is 0.319 e. The molecule has 1 fully saturated rings. The van der Waals surface area contributed by atoms with Crippen molar-refractivity contribution in [2.24, 2.45) is 5.73 Å². The number of carbonyl (C=O) groups is 1. The normalized spacial score (nSPS) is 14.7. The van der Waals surface area contributed by atoms with Gasteiger partial charge in [-0.1, -0.05) is 23.8 Å². The van der Waals surface area contributed by atoms with Crippen molar-refractivity contribution >= 4 is 40.5 Å². The predicted molar refractivity (Wildman–Crippen MR) is 77.1 cm³/mol. The Morgan fingerprint density at radius 1 is 1.44 bits per heavy atom. The van der Waals surface area contributed by atoms with E-state index in [9.17, 15) is 4.79 Å². The van der Waals surface area contributed by atoms with Gasteiger partial charge in [-0.3, -0.25) is 0 Å². The maximum Gasteiger partial charge on any atom is 0.319 e. The van der Waals surface area contributed by atoms with E-state index in [1.807, 2.05) is 0 Å². The van der Waals surface area contributed by atoms with Gasteiger partial charge >= 0.3 is 6.03 Å². The van der Waals surface area contributed by atoms with Crippen LogP contribution in [0.3, 0.4) is 0 Å². The zero-order valence-electron chi connectivity index (χ0n) is 9.70. The molecular weight excluding hydrogens is 270 g/mol. The summed E-state index contributed by atoms with van der Waals surface area (Å²) in [6.07, 6.45) is 3.26. The minimum atomic E-state index is -0.232. The van der Waals surface area contributed by atoms with Gasteiger partial charge < -0.3 is 16.4 Å². The highest BCUT2D eigenvalue weighted by Gasteiger charge is 2.19. The summed E-state index contributed by atoms with van der Waals surface area (Å²) in [5.41, 5.74) is 6.73. The van der Waals surface area contributed by atoms with E-state index in [2.05, 4.69) is 10.6 Å². The lowest BCUT2D eigenvalue weighted by atomic mass is 9.93. The third kappa shape index (κ3) is 3.11. The van der Waals surface area contributed by atoms with Crippen molar-refractivity contribution in [2.75, 3.05) is 5.32 Å². The van der Waals surface area contributed by atoms with Gasteiger partial charge in [-0.05, 0) is 37.5 Å². The predicted octanol–water partition coefficient (Wildman–Crippen LogP) is 2.65. The van der Waals surface area contributed by atoms with Crippen LogP contribution in [-0.4, -0.2) is 17.1 Å². The number of nitrogens with two attached hydrogens (primary N) is 1. The SMILES string of the molecule is NC(=S)c1ccc(NC(=O)NC2CCC2)c(Cl)c1.